The van der Waals surface area contributed by atoms with Crippen LogP contribution in [-0.4, -0.2) is 11.8 Å². The molecule has 0 fully saturated rings. The zero-order valence-corrected chi connectivity index (χ0v) is 12.4. The zero-order valence-electron chi connectivity index (χ0n) is 12.4. The number of hydrogen-bond acceptors (Lipinski definition) is 3. The monoisotopic (exact) mass is 311 g/mol. The van der Waals surface area contributed by atoms with Crippen molar-refractivity contribution < 1.29 is 14.0 Å². The summed E-state index contributed by atoms with van der Waals surface area (Å²) in [4.78, 5) is 23.3. The van der Waals surface area contributed by atoms with E-state index in [-0.39, 0.29) is 17.0 Å². The van der Waals surface area contributed by atoms with Gasteiger partial charge in [0, 0.05) is 17.8 Å². The summed E-state index contributed by atoms with van der Waals surface area (Å²) in [5.74, 6) is -1.48. The van der Waals surface area contributed by atoms with Crippen LogP contribution in [0.25, 0.3) is 0 Å². The molecule has 0 aliphatic rings. The number of carbonyl (C=O) groups excluding carboxylic acids is 2. The largest absolute Gasteiger partial charge is 0.326 e. The van der Waals surface area contributed by atoms with Gasteiger partial charge in [-0.25, -0.2) is 4.39 Å². The Kier molecular flexibility index (Phi) is 5.05. The number of carbonyl (C=O) groups is 2. The highest BCUT2D eigenvalue weighted by molar-refractivity contribution is 6.04. The van der Waals surface area contributed by atoms with Crippen molar-refractivity contribution >= 4 is 23.2 Å². The van der Waals surface area contributed by atoms with Gasteiger partial charge in [0.15, 0.2) is 0 Å². The van der Waals surface area contributed by atoms with E-state index in [1.807, 2.05) is 0 Å². The van der Waals surface area contributed by atoms with E-state index in [0.717, 1.165) is 6.07 Å². The van der Waals surface area contributed by atoms with Crippen molar-refractivity contribution in [2.75, 3.05) is 10.6 Å². The van der Waals surface area contributed by atoms with Crippen LogP contribution in [0.2, 0.25) is 0 Å². The predicted octanol–water partition coefficient (Wildman–Crippen LogP) is 3.30. The molecule has 2 aromatic carbocycles. The van der Waals surface area contributed by atoms with Gasteiger partial charge in [-0.15, -0.1) is 0 Å². The van der Waals surface area contributed by atoms with Crippen molar-refractivity contribution in [1.82, 2.24) is 0 Å². The first kappa shape index (κ1) is 16.2. The first-order chi connectivity index (χ1) is 11.0. The molecule has 0 aliphatic carbocycles. The van der Waals surface area contributed by atoms with E-state index in [9.17, 15) is 14.0 Å². The summed E-state index contributed by atoms with van der Waals surface area (Å²) in [6.07, 6.45) is 0.371. The van der Waals surface area contributed by atoms with Crippen LogP contribution in [0.5, 0.6) is 0 Å². The van der Waals surface area contributed by atoms with Crippen LogP contribution in [0.3, 0.4) is 0 Å². The second kappa shape index (κ2) is 7.18. The van der Waals surface area contributed by atoms with Crippen LogP contribution < -0.4 is 10.6 Å². The van der Waals surface area contributed by atoms with Crippen molar-refractivity contribution in [3.63, 3.8) is 0 Å². The summed E-state index contributed by atoms with van der Waals surface area (Å²) in [5.41, 5.74) is 1.08. The number of halogens is 1. The molecular formula is C17H14FN3O2. The Bertz CT molecular complexity index is 779. The number of anilines is 2. The summed E-state index contributed by atoms with van der Waals surface area (Å²) >= 11 is 0. The van der Waals surface area contributed by atoms with Gasteiger partial charge >= 0.3 is 0 Å². The van der Waals surface area contributed by atoms with Crippen molar-refractivity contribution in [1.29, 1.82) is 5.26 Å². The Balaban J connectivity index is 2.08. The summed E-state index contributed by atoms with van der Waals surface area (Å²) in [7, 11) is 0. The maximum atomic E-state index is 13.8. The fourth-order valence-electron chi connectivity index (χ4n) is 1.85. The molecule has 0 aromatic heterocycles. The second-order valence-electron chi connectivity index (χ2n) is 4.74. The molecule has 0 radical (unpaired) electrons. The van der Waals surface area contributed by atoms with Crippen molar-refractivity contribution in [2.24, 2.45) is 0 Å². The molecule has 0 bridgehead atoms. The molecule has 2 amide bonds. The summed E-state index contributed by atoms with van der Waals surface area (Å²) in [5, 5.41) is 13.9. The fraction of sp³-hybridized carbons (Fsp3) is 0.118. The van der Waals surface area contributed by atoms with Gasteiger partial charge in [-0.05, 0) is 42.5 Å². The minimum Gasteiger partial charge on any atom is -0.326 e. The van der Waals surface area contributed by atoms with Gasteiger partial charge in [-0.3, -0.25) is 9.59 Å². The third-order valence-electron chi connectivity index (χ3n) is 3.09. The molecule has 0 heterocycles. The zero-order chi connectivity index (χ0) is 16.8. The minimum atomic E-state index is -0.756. The molecule has 0 spiro atoms. The van der Waals surface area contributed by atoms with Crippen LogP contribution in [-0.2, 0) is 4.79 Å². The molecule has 0 saturated heterocycles. The predicted molar refractivity (Wildman–Crippen MR) is 84.4 cm³/mol. The normalized spacial score (nSPS) is 9.78. The third-order valence-corrected chi connectivity index (χ3v) is 3.09. The van der Waals surface area contributed by atoms with Crippen LogP contribution in [0, 0.1) is 17.1 Å². The van der Waals surface area contributed by atoms with E-state index in [1.54, 1.807) is 37.3 Å². The molecule has 6 heteroatoms. The fourth-order valence-corrected chi connectivity index (χ4v) is 1.85. The molecule has 2 aromatic rings. The molecule has 116 valence electrons. The highest BCUT2D eigenvalue weighted by Gasteiger charge is 2.12. The molecule has 23 heavy (non-hydrogen) atoms. The molecule has 0 aliphatic heterocycles. The molecule has 0 saturated carbocycles. The summed E-state index contributed by atoms with van der Waals surface area (Å²) < 4.78 is 13.8. The van der Waals surface area contributed by atoms with Crippen LogP contribution in [0.1, 0.15) is 29.3 Å². The highest BCUT2D eigenvalue weighted by atomic mass is 19.1. The van der Waals surface area contributed by atoms with Gasteiger partial charge in [-0.2, -0.15) is 5.26 Å². The Labute approximate surface area is 132 Å². The maximum Gasteiger partial charge on any atom is 0.258 e. The van der Waals surface area contributed by atoms with Crippen LogP contribution >= 0.6 is 0 Å². The topological polar surface area (TPSA) is 82.0 Å². The van der Waals surface area contributed by atoms with E-state index in [1.165, 1.54) is 12.1 Å². The SMILES string of the molecule is CCC(=O)Nc1ccc(NC(=O)c2ccc(C#N)cc2F)cc1. The number of benzene rings is 2. The maximum absolute atomic E-state index is 13.8. The quantitative estimate of drug-likeness (QED) is 0.909. The number of nitrogens with one attached hydrogen (secondary N) is 2. The average Bonchev–Trinajstić information content (AvgIpc) is 2.56. The van der Waals surface area contributed by atoms with Crippen molar-refractivity contribution in [3.05, 3.63) is 59.4 Å². The number of nitrogens with zero attached hydrogens (tertiary/aromatic N) is 1. The average molecular weight is 311 g/mol. The molecule has 2 rings (SSSR count). The lowest BCUT2D eigenvalue weighted by Gasteiger charge is -2.08. The molecular weight excluding hydrogens is 297 g/mol. The Morgan fingerprint density at radius 3 is 2.22 bits per heavy atom. The number of rotatable bonds is 4. The van der Waals surface area contributed by atoms with E-state index in [4.69, 9.17) is 5.26 Å². The smallest absolute Gasteiger partial charge is 0.258 e. The van der Waals surface area contributed by atoms with E-state index in [0.29, 0.717) is 17.8 Å². The summed E-state index contributed by atoms with van der Waals surface area (Å²) in [6.45, 7) is 1.75. The lowest BCUT2D eigenvalue weighted by Crippen LogP contribution is -2.14. The third kappa shape index (κ3) is 4.14. The van der Waals surface area contributed by atoms with Gasteiger partial charge in [0.1, 0.15) is 5.82 Å². The molecule has 5 nitrogen and oxygen atoms in total. The lowest BCUT2D eigenvalue weighted by molar-refractivity contribution is -0.115. The van der Waals surface area contributed by atoms with Gasteiger partial charge in [0.05, 0.1) is 17.2 Å². The Morgan fingerprint density at radius 1 is 1.09 bits per heavy atom. The van der Waals surface area contributed by atoms with Gasteiger partial charge in [-0.1, -0.05) is 6.92 Å². The van der Waals surface area contributed by atoms with Crippen molar-refractivity contribution in [3.8, 4) is 6.07 Å². The van der Waals surface area contributed by atoms with Crippen molar-refractivity contribution in [2.45, 2.75) is 13.3 Å². The molecule has 0 unspecified atom stereocenters. The highest BCUT2D eigenvalue weighted by Crippen LogP contribution is 2.16. The first-order valence-electron chi connectivity index (χ1n) is 6.94. The van der Waals surface area contributed by atoms with E-state index < -0.39 is 11.7 Å². The molecule has 2 N–H and O–H groups in total. The van der Waals surface area contributed by atoms with Gasteiger partial charge in [0.25, 0.3) is 5.91 Å². The lowest BCUT2D eigenvalue weighted by atomic mass is 10.1. The Morgan fingerprint density at radius 2 is 1.70 bits per heavy atom. The number of nitriles is 1. The van der Waals surface area contributed by atoms with Crippen LogP contribution in [0.15, 0.2) is 42.5 Å². The Hall–Kier alpha value is -3.20. The van der Waals surface area contributed by atoms with Crippen LogP contribution in [0.4, 0.5) is 15.8 Å². The first-order valence-corrected chi connectivity index (χ1v) is 6.94. The number of amides is 2. The van der Waals surface area contributed by atoms with Gasteiger partial charge in [0.2, 0.25) is 5.91 Å². The van der Waals surface area contributed by atoms with E-state index in [2.05, 4.69) is 10.6 Å². The standard InChI is InChI=1S/C17H14FN3O2/c1-2-16(22)20-12-4-6-13(7-5-12)21-17(23)14-8-3-11(10-19)9-15(14)18/h3-9H,2H2,1H3,(H,20,22)(H,21,23). The van der Waals surface area contributed by atoms with E-state index >= 15 is 0 Å². The molecule has 0 atom stereocenters. The minimum absolute atomic E-state index is 0.110. The van der Waals surface area contributed by atoms with Gasteiger partial charge < -0.3 is 10.6 Å². The number of hydrogen-bond donors (Lipinski definition) is 2. The summed E-state index contributed by atoms with van der Waals surface area (Å²) in [6, 6.07) is 11.9. The second-order valence-corrected chi connectivity index (χ2v) is 4.74.